The molecule has 2 aromatic heterocycles. The van der Waals surface area contributed by atoms with E-state index >= 15 is 0 Å². The Kier molecular flexibility index (Phi) is 7.16. The lowest BCUT2D eigenvalue weighted by Gasteiger charge is -2.16. The van der Waals surface area contributed by atoms with Crippen LogP contribution in [0.25, 0.3) is 10.9 Å². The first-order valence-corrected chi connectivity index (χ1v) is 14.6. The zero-order chi connectivity index (χ0) is 29.4. The minimum atomic E-state index is -1.08. The number of hydrogen-bond acceptors (Lipinski definition) is 8. The number of anilines is 2. The van der Waals surface area contributed by atoms with Crippen LogP contribution in [0, 0.1) is 24.2 Å². The Bertz CT molecular complexity index is 1650. The standard InChI is InChI=1S/C33H32N4O6/c1-20-2-4-22(5-3-20)36-31(38)33(12-13-33)32(39)37-29-9-7-24(17-35-29)43-28-10-14-34-27-16-23(6-8-26(27)28)41-18-21-19-42-30-25(21)11-15-40-30/h2-10,14,16-17,21,25,30H,11-13,15,18-19H2,1H3,(H,36,38)(H,35,37,39)/t21?,25-,30?/m1/s1. The lowest BCUT2D eigenvalue weighted by molar-refractivity contribution is -0.131. The van der Waals surface area contributed by atoms with E-state index in [1.165, 1.54) is 6.20 Å². The van der Waals surface area contributed by atoms with Crippen molar-refractivity contribution >= 4 is 34.2 Å². The predicted octanol–water partition coefficient (Wildman–Crippen LogP) is 5.48. The van der Waals surface area contributed by atoms with Crippen LogP contribution in [0.5, 0.6) is 17.2 Å². The van der Waals surface area contributed by atoms with E-state index in [0.717, 1.165) is 35.2 Å². The number of ether oxygens (including phenoxy) is 4. The van der Waals surface area contributed by atoms with Gasteiger partial charge in [-0.2, -0.15) is 0 Å². The molecule has 1 saturated carbocycles. The molecule has 10 nitrogen and oxygen atoms in total. The Balaban J connectivity index is 0.968. The van der Waals surface area contributed by atoms with Gasteiger partial charge in [0.25, 0.3) is 0 Å². The smallest absolute Gasteiger partial charge is 0.241 e. The maximum atomic E-state index is 13.0. The van der Waals surface area contributed by atoms with Crippen molar-refractivity contribution in [1.29, 1.82) is 0 Å². The minimum Gasteiger partial charge on any atom is -0.493 e. The molecule has 43 heavy (non-hydrogen) atoms. The third-order valence-electron chi connectivity index (χ3n) is 8.44. The Hall–Kier alpha value is -4.54. The summed E-state index contributed by atoms with van der Waals surface area (Å²) >= 11 is 0. The van der Waals surface area contributed by atoms with Gasteiger partial charge in [-0.05, 0) is 68.7 Å². The molecule has 4 aromatic rings. The molecule has 3 fully saturated rings. The second kappa shape index (κ2) is 11.3. The van der Waals surface area contributed by atoms with Crippen LogP contribution in [0.3, 0.4) is 0 Å². The van der Waals surface area contributed by atoms with Gasteiger partial charge in [0.1, 0.15) is 28.5 Å². The van der Waals surface area contributed by atoms with Gasteiger partial charge in [-0.25, -0.2) is 4.98 Å². The summed E-state index contributed by atoms with van der Waals surface area (Å²) in [4.78, 5) is 34.8. The molecule has 3 aliphatic rings. The highest BCUT2D eigenvalue weighted by Gasteiger charge is 2.56. The first-order valence-electron chi connectivity index (χ1n) is 14.6. The van der Waals surface area contributed by atoms with Gasteiger partial charge in [0.15, 0.2) is 6.29 Å². The first kappa shape index (κ1) is 27.3. The van der Waals surface area contributed by atoms with E-state index in [9.17, 15) is 9.59 Å². The summed E-state index contributed by atoms with van der Waals surface area (Å²) in [6, 6.07) is 18.4. The highest BCUT2D eigenvalue weighted by molar-refractivity contribution is 6.16. The summed E-state index contributed by atoms with van der Waals surface area (Å²) in [6.07, 6.45) is 5.13. The van der Waals surface area contributed by atoms with Crippen LogP contribution in [0.1, 0.15) is 24.8 Å². The number of pyridine rings is 2. The average Bonchev–Trinajstić information content (AvgIpc) is 3.56. The van der Waals surface area contributed by atoms with Gasteiger partial charge in [-0.1, -0.05) is 17.7 Å². The van der Waals surface area contributed by atoms with Crippen molar-refractivity contribution in [1.82, 2.24) is 9.97 Å². The average molecular weight is 581 g/mol. The van der Waals surface area contributed by atoms with Crippen molar-refractivity contribution in [3.63, 3.8) is 0 Å². The van der Waals surface area contributed by atoms with E-state index in [1.54, 1.807) is 24.4 Å². The van der Waals surface area contributed by atoms with Gasteiger partial charge in [-0.3, -0.25) is 14.6 Å². The molecule has 1 aliphatic carbocycles. The fourth-order valence-corrected chi connectivity index (χ4v) is 5.65. The van der Waals surface area contributed by atoms with Gasteiger partial charge < -0.3 is 29.6 Å². The monoisotopic (exact) mass is 580 g/mol. The van der Waals surface area contributed by atoms with E-state index in [2.05, 4.69) is 20.6 Å². The topological polar surface area (TPSA) is 121 Å². The minimum absolute atomic E-state index is 0.0860. The summed E-state index contributed by atoms with van der Waals surface area (Å²) in [5, 5.41) is 6.47. The molecule has 2 saturated heterocycles. The third kappa shape index (κ3) is 5.63. The molecular weight excluding hydrogens is 548 g/mol. The van der Waals surface area contributed by atoms with E-state index in [-0.39, 0.29) is 18.1 Å². The number of carbonyl (C=O) groups is 2. The number of amides is 2. The van der Waals surface area contributed by atoms with Crippen molar-refractivity contribution in [2.45, 2.75) is 32.5 Å². The quantitative estimate of drug-likeness (QED) is 0.250. The van der Waals surface area contributed by atoms with E-state index in [0.29, 0.717) is 60.9 Å². The summed E-state index contributed by atoms with van der Waals surface area (Å²) in [5.74, 6) is 2.24. The fourth-order valence-electron chi connectivity index (χ4n) is 5.65. The molecule has 2 aliphatic heterocycles. The van der Waals surface area contributed by atoms with Crippen molar-refractivity contribution in [3.05, 3.63) is 78.6 Å². The second-order valence-corrected chi connectivity index (χ2v) is 11.4. The summed E-state index contributed by atoms with van der Waals surface area (Å²) in [6.45, 7) is 3.94. The number of aryl methyl sites for hydroxylation is 1. The van der Waals surface area contributed by atoms with Gasteiger partial charge in [0.05, 0.1) is 31.5 Å². The Morgan fingerprint density at radius 3 is 2.56 bits per heavy atom. The summed E-state index contributed by atoms with van der Waals surface area (Å²) in [5.41, 5.74) is 1.42. The molecule has 2 aromatic carbocycles. The first-order chi connectivity index (χ1) is 21.0. The summed E-state index contributed by atoms with van der Waals surface area (Å²) < 4.78 is 23.6. The molecule has 2 amide bonds. The molecule has 220 valence electrons. The van der Waals surface area contributed by atoms with Crippen LogP contribution in [0.2, 0.25) is 0 Å². The zero-order valence-electron chi connectivity index (χ0n) is 23.7. The van der Waals surface area contributed by atoms with Gasteiger partial charge in [0.2, 0.25) is 11.8 Å². The number of fused-ring (bicyclic) bond motifs is 2. The number of carbonyl (C=O) groups excluding carboxylic acids is 2. The van der Waals surface area contributed by atoms with Gasteiger partial charge in [0, 0.05) is 35.2 Å². The fraction of sp³-hybridized carbons (Fsp3) is 0.333. The molecule has 7 rings (SSSR count). The van der Waals surface area contributed by atoms with E-state index in [1.807, 2.05) is 49.4 Å². The molecule has 2 unspecified atom stereocenters. The van der Waals surface area contributed by atoms with Crippen LogP contribution in [-0.4, -0.2) is 47.9 Å². The van der Waals surface area contributed by atoms with Crippen molar-refractivity contribution in [3.8, 4) is 17.2 Å². The Morgan fingerprint density at radius 2 is 1.77 bits per heavy atom. The number of aromatic nitrogens is 2. The molecule has 0 spiro atoms. The SMILES string of the molecule is Cc1ccc(NC(=O)C2(C(=O)Nc3ccc(Oc4ccnc5cc(OCC6COC7OCC[C@H]67)ccc45)cn3)CC2)cc1. The Labute approximate surface area is 248 Å². The zero-order valence-corrected chi connectivity index (χ0v) is 23.7. The number of benzene rings is 2. The normalized spacial score (nSPS) is 21.7. The van der Waals surface area contributed by atoms with Gasteiger partial charge >= 0.3 is 0 Å². The van der Waals surface area contributed by atoms with E-state index < -0.39 is 5.41 Å². The molecule has 0 radical (unpaired) electrons. The number of nitrogens with one attached hydrogen (secondary N) is 2. The number of nitrogens with zero attached hydrogens (tertiary/aromatic N) is 2. The molecule has 3 atom stereocenters. The Morgan fingerprint density at radius 1 is 0.953 bits per heavy atom. The number of hydrogen-bond donors (Lipinski definition) is 2. The van der Waals surface area contributed by atoms with Gasteiger partial charge in [-0.15, -0.1) is 0 Å². The third-order valence-corrected chi connectivity index (χ3v) is 8.44. The van der Waals surface area contributed by atoms with Crippen LogP contribution >= 0.6 is 0 Å². The lowest BCUT2D eigenvalue weighted by Crippen LogP contribution is -2.35. The molecule has 10 heteroatoms. The predicted molar refractivity (Wildman–Crippen MR) is 159 cm³/mol. The molecule has 2 N–H and O–H groups in total. The molecule has 0 bridgehead atoms. The van der Waals surface area contributed by atoms with Crippen LogP contribution in [-0.2, 0) is 19.1 Å². The molecule has 4 heterocycles. The largest absolute Gasteiger partial charge is 0.493 e. The number of rotatable bonds is 9. The highest BCUT2D eigenvalue weighted by Crippen LogP contribution is 2.47. The van der Waals surface area contributed by atoms with Crippen LogP contribution in [0.4, 0.5) is 11.5 Å². The van der Waals surface area contributed by atoms with E-state index in [4.69, 9.17) is 18.9 Å². The van der Waals surface area contributed by atoms with Crippen molar-refractivity contribution < 1.29 is 28.5 Å². The summed E-state index contributed by atoms with van der Waals surface area (Å²) in [7, 11) is 0. The van der Waals surface area contributed by atoms with Crippen molar-refractivity contribution in [2.75, 3.05) is 30.5 Å². The second-order valence-electron chi connectivity index (χ2n) is 11.4. The van der Waals surface area contributed by atoms with Crippen LogP contribution < -0.4 is 20.1 Å². The maximum Gasteiger partial charge on any atom is 0.241 e. The van der Waals surface area contributed by atoms with Crippen LogP contribution in [0.15, 0.2) is 73.1 Å². The lowest BCUT2D eigenvalue weighted by atomic mass is 9.94. The highest BCUT2D eigenvalue weighted by atomic mass is 16.7. The van der Waals surface area contributed by atoms with Crippen molar-refractivity contribution in [2.24, 2.45) is 17.3 Å². The maximum absolute atomic E-state index is 13.0. The molecular formula is C33H32N4O6.